The minimum atomic E-state index is -4.29. The van der Waals surface area contributed by atoms with Crippen LogP contribution in [0.5, 0.6) is 0 Å². The highest BCUT2D eigenvalue weighted by Crippen LogP contribution is 2.34. The molecule has 2 rings (SSSR count). The molecule has 1 aliphatic rings. The van der Waals surface area contributed by atoms with E-state index in [2.05, 4.69) is 27.3 Å². The van der Waals surface area contributed by atoms with E-state index in [1.807, 2.05) is 12.1 Å². The number of rotatable bonds is 8. The topological polar surface area (TPSA) is 45.7 Å². The molecule has 0 spiro atoms. The number of nitrogens with one attached hydrogen (secondary N) is 2. The van der Waals surface area contributed by atoms with E-state index >= 15 is 0 Å². The summed E-state index contributed by atoms with van der Waals surface area (Å²) in [5, 5.41) is 6.67. The second kappa shape index (κ2) is 9.08. The van der Waals surface area contributed by atoms with Gasteiger partial charge in [-0.3, -0.25) is 4.99 Å². The van der Waals surface area contributed by atoms with Crippen molar-refractivity contribution < 1.29 is 17.9 Å². The van der Waals surface area contributed by atoms with Crippen molar-refractivity contribution >= 4 is 5.96 Å². The molecule has 140 valence electrons. The molecule has 2 N–H and O–H groups in total. The summed E-state index contributed by atoms with van der Waals surface area (Å²) in [7, 11) is 1.74. The Morgan fingerprint density at radius 2 is 1.92 bits per heavy atom. The van der Waals surface area contributed by atoms with Crippen LogP contribution in [0, 0.1) is 5.92 Å². The van der Waals surface area contributed by atoms with E-state index in [4.69, 9.17) is 0 Å². The van der Waals surface area contributed by atoms with Crippen LogP contribution in [0.15, 0.2) is 29.3 Å². The summed E-state index contributed by atoms with van der Waals surface area (Å²) in [6, 6.07) is 7.83. The molecule has 0 saturated heterocycles. The second-order valence-electron chi connectivity index (χ2n) is 6.39. The predicted octanol–water partition coefficient (Wildman–Crippen LogP) is 3.62. The number of halogens is 3. The lowest BCUT2D eigenvalue weighted by atomic mass is 10.1. The summed E-state index contributed by atoms with van der Waals surface area (Å²) >= 11 is 0. The predicted molar refractivity (Wildman–Crippen MR) is 92.3 cm³/mol. The first kappa shape index (κ1) is 19.6. The summed E-state index contributed by atoms with van der Waals surface area (Å²) in [5.74, 6) is 1.53. The van der Waals surface area contributed by atoms with Crippen LogP contribution < -0.4 is 10.6 Å². The summed E-state index contributed by atoms with van der Waals surface area (Å²) in [6.45, 7) is 1.53. The number of ether oxygens (including phenoxy) is 1. The molecular weight excluding hydrogens is 331 g/mol. The van der Waals surface area contributed by atoms with Gasteiger partial charge in [0.05, 0.1) is 6.61 Å². The minimum Gasteiger partial charge on any atom is -0.367 e. The highest BCUT2D eigenvalue weighted by atomic mass is 19.4. The molecule has 1 saturated carbocycles. The van der Waals surface area contributed by atoms with Crippen LogP contribution >= 0.6 is 0 Å². The SMILES string of the molecule is CCCC1CC1NC(=NC)NCc1ccc(COCC(F)(F)F)cc1. The Hall–Kier alpha value is -1.76. The Kier molecular flexibility index (Phi) is 7.11. The molecule has 4 nitrogen and oxygen atoms in total. The van der Waals surface area contributed by atoms with Crippen molar-refractivity contribution in [2.24, 2.45) is 10.9 Å². The summed E-state index contributed by atoms with van der Waals surface area (Å²) < 4.78 is 40.8. The van der Waals surface area contributed by atoms with Gasteiger partial charge >= 0.3 is 6.18 Å². The molecule has 0 amide bonds. The maximum atomic E-state index is 12.0. The lowest BCUT2D eigenvalue weighted by Crippen LogP contribution is -2.38. The fraction of sp³-hybridized carbons (Fsp3) is 0.611. The zero-order valence-electron chi connectivity index (χ0n) is 14.7. The monoisotopic (exact) mass is 357 g/mol. The van der Waals surface area contributed by atoms with Gasteiger partial charge in [0.2, 0.25) is 0 Å². The summed E-state index contributed by atoms with van der Waals surface area (Å²) in [6.07, 6.45) is -0.647. The van der Waals surface area contributed by atoms with E-state index in [0.717, 1.165) is 23.0 Å². The smallest absolute Gasteiger partial charge is 0.367 e. The van der Waals surface area contributed by atoms with Crippen LogP contribution in [0.3, 0.4) is 0 Å². The van der Waals surface area contributed by atoms with Gasteiger partial charge in [0, 0.05) is 19.6 Å². The third kappa shape index (κ3) is 7.34. The van der Waals surface area contributed by atoms with Gasteiger partial charge in [-0.15, -0.1) is 0 Å². The van der Waals surface area contributed by atoms with Gasteiger partial charge in [-0.05, 0) is 29.9 Å². The zero-order chi connectivity index (χ0) is 18.3. The normalized spacial score (nSPS) is 20.4. The number of guanidine groups is 1. The molecule has 7 heteroatoms. The van der Waals surface area contributed by atoms with E-state index in [9.17, 15) is 13.2 Å². The van der Waals surface area contributed by atoms with Gasteiger partial charge in [0.1, 0.15) is 6.61 Å². The van der Waals surface area contributed by atoms with Gasteiger partial charge < -0.3 is 15.4 Å². The zero-order valence-corrected chi connectivity index (χ0v) is 14.7. The fourth-order valence-corrected chi connectivity index (χ4v) is 2.71. The molecule has 0 aromatic heterocycles. The Morgan fingerprint density at radius 3 is 2.52 bits per heavy atom. The Balaban J connectivity index is 1.71. The molecule has 1 aromatic carbocycles. The van der Waals surface area contributed by atoms with Crippen LogP contribution in [0.4, 0.5) is 13.2 Å². The van der Waals surface area contributed by atoms with Gasteiger partial charge in [-0.1, -0.05) is 37.6 Å². The molecule has 0 aliphatic heterocycles. The van der Waals surface area contributed by atoms with Gasteiger partial charge in [-0.25, -0.2) is 0 Å². The molecule has 2 atom stereocenters. The van der Waals surface area contributed by atoms with Gasteiger partial charge in [-0.2, -0.15) is 13.2 Å². The van der Waals surface area contributed by atoms with Crippen molar-refractivity contribution in [3.8, 4) is 0 Å². The summed E-state index contributed by atoms with van der Waals surface area (Å²) in [4.78, 5) is 4.23. The fourth-order valence-electron chi connectivity index (χ4n) is 2.71. The average Bonchev–Trinajstić information content (AvgIpc) is 3.29. The van der Waals surface area contributed by atoms with Crippen molar-refractivity contribution in [1.82, 2.24) is 10.6 Å². The highest BCUT2D eigenvalue weighted by molar-refractivity contribution is 5.80. The number of alkyl halides is 3. The first-order valence-electron chi connectivity index (χ1n) is 8.60. The molecule has 0 bridgehead atoms. The number of nitrogens with zero attached hydrogens (tertiary/aromatic N) is 1. The Labute approximate surface area is 146 Å². The van der Waals surface area contributed by atoms with E-state index in [1.54, 1.807) is 19.2 Å². The van der Waals surface area contributed by atoms with Gasteiger partial charge in [0.25, 0.3) is 0 Å². The van der Waals surface area contributed by atoms with Crippen LogP contribution in [0.25, 0.3) is 0 Å². The van der Waals surface area contributed by atoms with Crippen LogP contribution in [0.1, 0.15) is 37.3 Å². The van der Waals surface area contributed by atoms with Crippen molar-refractivity contribution in [2.45, 2.75) is 51.6 Å². The maximum absolute atomic E-state index is 12.0. The third-order valence-corrected chi connectivity index (χ3v) is 4.15. The van der Waals surface area contributed by atoms with Crippen molar-refractivity contribution in [2.75, 3.05) is 13.7 Å². The molecule has 25 heavy (non-hydrogen) atoms. The Morgan fingerprint density at radius 1 is 1.24 bits per heavy atom. The van der Waals surface area contributed by atoms with E-state index in [0.29, 0.717) is 12.6 Å². The number of benzene rings is 1. The quantitative estimate of drug-likeness (QED) is 0.552. The second-order valence-corrected chi connectivity index (χ2v) is 6.39. The van der Waals surface area contributed by atoms with Crippen molar-refractivity contribution in [3.05, 3.63) is 35.4 Å². The average molecular weight is 357 g/mol. The molecular formula is C18H26F3N3O. The van der Waals surface area contributed by atoms with Crippen molar-refractivity contribution in [3.63, 3.8) is 0 Å². The largest absolute Gasteiger partial charge is 0.411 e. The lowest BCUT2D eigenvalue weighted by Gasteiger charge is -2.12. The number of aliphatic imine (C=N–C) groups is 1. The molecule has 1 aliphatic carbocycles. The van der Waals surface area contributed by atoms with E-state index in [-0.39, 0.29) is 6.61 Å². The first-order chi connectivity index (χ1) is 11.9. The summed E-state index contributed by atoms with van der Waals surface area (Å²) in [5.41, 5.74) is 1.75. The van der Waals surface area contributed by atoms with Crippen LogP contribution in [-0.4, -0.2) is 31.8 Å². The standard InChI is InChI=1S/C18H26F3N3O/c1-3-4-15-9-16(15)24-17(22-2)23-10-13-5-7-14(8-6-13)11-25-12-18(19,20)21/h5-8,15-16H,3-4,9-12H2,1-2H3,(H2,22,23,24). The minimum absolute atomic E-state index is 0.0447. The first-order valence-corrected chi connectivity index (χ1v) is 8.60. The van der Waals surface area contributed by atoms with E-state index < -0.39 is 12.8 Å². The molecule has 0 radical (unpaired) electrons. The van der Waals surface area contributed by atoms with Crippen LogP contribution in [0.2, 0.25) is 0 Å². The van der Waals surface area contributed by atoms with Gasteiger partial charge in [0.15, 0.2) is 5.96 Å². The Bertz CT molecular complexity index is 558. The third-order valence-electron chi connectivity index (χ3n) is 4.15. The lowest BCUT2D eigenvalue weighted by molar-refractivity contribution is -0.176. The number of hydrogen-bond acceptors (Lipinski definition) is 2. The van der Waals surface area contributed by atoms with Crippen molar-refractivity contribution in [1.29, 1.82) is 0 Å². The van der Waals surface area contributed by atoms with E-state index in [1.165, 1.54) is 19.3 Å². The maximum Gasteiger partial charge on any atom is 0.411 e. The molecule has 2 unspecified atom stereocenters. The van der Waals surface area contributed by atoms with Crippen LogP contribution in [-0.2, 0) is 17.9 Å². The molecule has 1 fully saturated rings. The molecule has 1 aromatic rings. The highest BCUT2D eigenvalue weighted by Gasteiger charge is 2.36. The molecule has 0 heterocycles. The number of hydrogen-bond donors (Lipinski definition) is 2.